The number of nitrogens with one attached hydrogen (secondary N) is 2. The highest BCUT2D eigenvalue weighted by atomic mass is 15.1. The van der Waals surface area contributed by atoms with Crippen molar-refractivity contribution in [3.05, 3.63) is 70.9 Å². The highest BCUT2D eigenvalue weighted by Gasteiger charge is 2.13. The van der Waals surface area contributed by atoms with Crippen molar-refractivity contribution in [2.24, 2.45) is 0 Å². The van der Waals surface area contributed by atoms with E-state index in [2.05, 4.69) is 57.6 Å². The lowest BCUT2D eigenvalue weighted by Gasteiger charge is -2.18. The van der Waals surface area contributed by atoms with E-state index in [4.69, 9.17) is 5.26 Å². The second-order valence-electron chi connectivity index (χ2n) is 7.79. The van der Waals surface area contributed by atoms with Crippen molar-refractivity contribution in [1.82, 2.24) is 14.9 Å². The Balaban J connectivity index is 1.48. The van der Waals surface area contributed by atoms with Crippen molar-refractivity contribution in [1.29, 1.82) is 5.26 Å². The number of rotatable bonds is 6. The van der Waals surface area contributed by atoms with Crippen molar-refractivity contribution in [3.63, 3.8) is 0 Å². The summed E-state index contributed by atoms with van der Waals surface area (Å²) < 4.78 is 0. The van der Waals surface area contributed by atoms with Gasteiger partial charge in [-0.3, -0.25) is 4.90 Å². The van der Waals surface area contributed by atoms with E-state index in [1.165, 1.54) is 42.6 Å². The summed E-state index contributed by atoms with van der Waals surface area (Å²) in [6, 6.07) is 15.7. The van der Waals surface area contributed by atoms with Crippen LogP contribution in [0.5, 0.6) is 0 Å². The first-order chi connectivity index (χ1) is 14.6. The summed E-state index contributed by atoms with van der Waals surface area (Å²) >= 11 is 0. The van der Waals surface area contributed by atoms with Gasteiger partial charge in [0.2, 0.25) is 5.95 Å². The standard InChI is InChI=1S/C24H26N6/c1-17-13-20(16-30-11-3-4-12-30)14-18(2)23(17)28-22-9-10-26-24(29-22)27-21-7-5-19(15-25)6-8-21/h5-10,13-14H,3-4,11-12,16H2,1-2H3,(H2,26,27,28,29). The molecule has 1 fully saturated rings. The molecule has 3 aromatic rings. The molecule has 2 heterocycles. The summed E-state index contributed by atoms with van der Waals surface area (Å²) in [5, 5.41) is 15.6. The Morgan fingerprint density at radius 2 is 1.70 bits per heavy atom. The molecule has 0 spiro atoms. The lowest BCUT2D eigenvalue weighted by atomic mass is 10.0. The van der Waals surface area contributed by atoms with Gasteiger partial charge >= 0.3 is 0 Å². The predicted octanol–water partition coefficient (Wildman–Crippen LogP) is 5.05. The topological polar surface area (TPSA) is 76.9 Å². The Bertz CT molecular complexity index is 1040. The largest absolute Gasteiger partial charge is 0.340 e. The van der Waals surface area contributed by atoms with Crippen molar-refractivity contribution >= 4 is 23.1 Å². The normalized spacial score (nSPS) is 13.8. The second kappa shape index (κ2) is 8.93. The van der Waals surface area contributed by atoms with E-state index in [0.717, 1.165) is 23.7 Å². The Morgan fingerprint density at radius 3 is 2.37 bits per heavy atom. The molecule has 152 valence electrons. The maximum Gasteiger partial charge on any atom is 0.229 e. The van der Waals surface area contributed by atoms with Gasteiger partial charge in [0.05, 0.1) is 11.6 Å². The Kier molecular flexibility index (Phi) is 5.92. The summed E-state index contributed by atoms with van der Waals surface area (Å²) in [5.41, 5.74) is 6.33. The fraction of sp³-hybridized carbons (Fsp3) is 0.292. The first kappa shape index (κ1) is 19.9. The van der Waals surface area contributed by atoms with Crippen molar-refractivity contribution in [2.75, 3.05) is 23.7 Å². The molecule has 2 N–H and O–H groups in total. The highest BCUT2D eigenvalue weighted by molar-refractivity contribution is 5.66. The zero-order valence-electron chi connectivity index (χ0n) is 17.4. The molecule has 6 heteroatoms. The Morgan fingerprint density at radius 1 is 1.00 bits per heavy atom. The molecular formula is C24H26N6. The zero-order chi connectivity index (χ0) is 20.9. The minimum Gasteiger partial charge on any atom is -0.340 e. The first-order valence-electron chi connectivity index (χ1n) is 10.3. The number of likely N-dealkylation sites (tertiary alicyclic amines) is 1. The molecule has 0 atom stereocenters. The molecule has 0 aliphatic carbocycles. The highest BCUT2D eigenvalue weighted by Crippen LogP contribution is 2.27. The summed E-state index contributed by atoms with van der Waals surface area (Å²) in [6.45, 7) is 7.70. The molecule has 0 radical (unpaired) electrons. The van der Waals surface area contributed by atoms with Crippen LogP contribution in [0, 0.1) is 25.2 Å². The van der Waals surface area contributed by atoms with Crippen LogP contribution in [0.25, 0.3) is 0 Å². The van der Waals surface area contributed by atoms with Crippen molar-refractivity contribution in [2.45, 2.75) is 33.2 Å². The molecule has 6 nitrogen and oxygen atoms in total. The van der Waals surface area contributed by atoms with E-state index in [9.17, 15) is 0 Å². The minimum atomic E-state index is 0.505. The van der Waals surface area contributed by atoms with Gasteiger partial charge in [0.1, 0.15) is 5.82 Å². The smallest absolute Gasteiger partial charge is 0.229 e. The number of benzene rings is 2. The van der Waals surface area contributed by atoms with Crippen LogP contribution in [0.15, 0.2) is 48.7 Å². The second-order valence-corrected chi connectivity index (χ2v) is 7.79. The Labute approximate surface area is 177 Å². The molecule has 4 rings (SSSR count). The summed E-state index contributed by atoms with van der Waals surface area (Å²) in [7, 11) is 0. The third-order valence-corrected chi connectivity index (χ3v) is 5.38. The van der Waals surface area contributed by atoms with Gasteiger partial charge in [0, 0.05) is 24.1 Å². The van der Waals surface area contributed by atoms with Gasteiger partial charge in [-0.15, -0.1) is 0 Å². The van der Waals surface area contributed by atoms with Gasteiger partial charge in [-0.05, 0) is 86.8 Å². The minimum absolute atomic E-state index is 0.505. The maximum atomic E-state index is 8.92. The average Bonchev–Trinajstić information content (AvgIpc) is 3.25. The Hall–Kier alpha value is -3.43. The molecule has 1 aromatic heterocycles. The van der Waals surface area contributed by atoms with Gasteiger partial charge < -0.3 is 10.6 Å². The quantitative estimate of drug-likeness (QED) is 0.605. The number of nitriles is 1. The third kappa shape index (κ3) is 4.76. The zero-order valence-corrected chi connectivity index (χ0v) is 17.4. The lowest BCUT2D eigenvalue weighted by Crippen LogP contribution is -2.18. The van der Waals surface area contributed by atoms with Gasteiger partial charge in [-0.2, -0.15) is 10.2 Å². The maximum absolute atomic E-state index is 8.92. The fourth-order valence-electron chi connectivity index (χ4n) is 3.91. The third-order valence-electron chi connectivity index (χ3n) is 5.38. The molecule has 0 saturated carbocycles. The van der Waals surface area contributed by atoms with E-state index in [0.29, 0.717) is 11.5 Å². The number of hydrogen-bond donors (Lipinski definition) is 2. The molecule has 1 saturated heterocycles. The molecule has 0 unspecified atom stereocenters. The van der Waals surface area contributed by atoms with Crippen LogP contribution in [0.1, 0.15) is 35.1 Å². The molecule has 2 aromatic carbocycles. The number of aryl methyl sites for hydroxylation is 2. The van der Waals surface area contributed by atoms with Crippen LogP contribution in [0.3, 0.4) is 0 Å². The summed E-state index contributed by atoms with van der Waals surface area (Å²) in [5.74, 6) is 1.24. The molecule has 0 amide bonds. The van der Waals surface area contributed by atoms with Gasteiger partial charge in [0.15, 0.2) is 0 Å². The monoisotopic (exact) mass is 398 g/mol. The number of nitrogens with zero attached hydrogens (tertiary/aromatic N) is 4. The van der Waals surface area contributed by atoms with Crippen LogP contribution in [0.4, 0.5) is 23.1 Å². The van der Waals surface area contributed by atoms with Crippen LogP contribution in [-0.2, 0) is 6.54 Å². The molecule has 1 aliphatic rings. The van der Waals surface area contributed by atoms with Gasteiger partial charge in [0.25, 0.3) is 0 Å². The van der Waals surface area contributed by atoms with Gasteiger partial charge in [-0.25, -0.2) is 4.98 Å². The van der Waals surface area contributed by atoms with Crippen LogP contribution in [-0.4, -0.2) is 28.0 Å². The van der Waals surface area contributed by atoms with Crippen LogP contribution < -0.4 is 10.6 Å². The van der Waals surface area contributed by atoms with E-state index < -0.39 is 0 Å². The molecular weight excluding hydrogens is 372 g/mol. The fourth-order valence-corrected chi connectivity index (χ4v) is 3.91. The predicted molar refractivity (Wildman–Crippen MR) is 120 cm³/mol. The summed E-state index contributed by atoms with van der Waals surface area (Å²) in [4.78, 5) is 11.4. The van der Waals surface area contributed by atoms with Gasteiger partial charge in [-0.1, -0.05) is 12.1 Å². The molecule has 0 bridgehead atoms. The van der Waals surface area contributed by atoms with Crippen molar-refractivity contribution in [3.8, 4) is 6.07 Å². The molecule has 30 heavy (non-hydrogen) atoms. The first-order valence-corrected chi connectivity index (χ1v) is 10.3. The van der Waals surface area contributed by atoms with E-state index in [-0.39, 0.29) is 0 Å². The van der Waals surface area contributed by atoms with Crippen molar-refractivity contribution < 1.29 is 0 Å². The van der Waals surface area contributed by atoms with Crippen LogP contribution in [0.2, 0.25) is 0 Å². The SMILES string of the molecule is Cc1cc(CN2CCCC2)cc(C)c1Nc1ccnc(Nc2ccc(C#N)cc2)n1. The van der Waals surface area contributed by atoms with E-state index in [1.807, 2.05) is 18.2 Å². The van der Waals surface area contributed by atoms with Crippen LogP contribution >= 0.6 is 0 Å². The number of anilines is 4. The lowest BCUT2D eigenvalue weighted by molar-refractivity contribution is 0.331. The summed E-state index contributed by atoms with van der Waals surface area (Å²) in [6.07, 6.45) is 4.35. The number of hydrogen-bond acceptors (Lipinski definition) is 6. The number of aromatic nitrogens is 2. The van der Waals surface area contributed by atoms with E-state index in [1.54, 1.807) is 18.3 Å². The van der Waals surface area contributed by atoms with E-state index >= 15 is 0 Å². The average molecular weight is 399 g/mol. The molecule has 1 aliphatic heterocycles.